The van der Waals surface area contributed by atoms with Crippen LogP contribution in [-0.4, -0.2) is 80.6 Å². The first-order valence-electron chi connectivity index (χ1n) is 26.6. The van der Waals surface area contributed by atoms with Gasteiger partial charge in [0.05, 0.1) is 34.4 Å². The van der Waals surface area contributed by atoms with Gasteiger partial charge in [0.25, 0.3) is 0 Å². The second kappa shape index (κ2) is 44.9. The van der Waals surface area contributed by atoms with E-state index in [0.29, 0.717) is 19.3 Å². The quantitative estimate of drug-likeness (QED) is 0.0369. The highest BCUT2D eigenvalue weighted by Crippen LogP contribution is 2.17. The van der Waals surface area contributed by atoms with Crippen molar-refractivity contribution < 1.29 is 38.2 Å². The number of hydrogen-bond acceptors (Lipinski definition) is 6. The normalized spacial score (nSPS) is 12.7. The third kappa shape index (κ3) is 43.4. The molecule has 362 valence electrons. The highest BCUT2D eigenvalue weighted by atomic mass is 16.6. The lowest BCUT2D eigenvalue weighted by molar-refractivity contribution is -0.887. The van der Waals surface area contributed by atoms with Crippen LogP contribution in [0.3, 0.4) is 0 Å². The minimum Gasteiger partial charge on any atom is -0.477 e. The molecule has 0 fully saturated rings. The Labute approximate surface area is 378 Å². The van der Waals surface area contributed by atoms with E-state index in [2.05, 4.69) is 13.8 Å². The van der Waals surface area contributed by atoms with Crippen LogP contribution in [0.5, 0.6) is 0 Å². The van der Waals surface area contributed by atoms with Gasteiger partial charge in [-0.2, -0.15) is 0 Å². The second-order valence-electron chi connectivity index (χ2n) is 19.5. The smallest absolute Gasteiger partial charge is 0.362 e. The van der Waals surface area contributed by atoms with Crippen LogP contribution in [0, 0.1) is 0 Å². The topological polar surface area (TPSA) is 99.1 Å². The van der Waals surface area contributed by atoms with E-state index in [-0.39, 0.29) is 36.2 Å². The van der Waals surface area contributed by atoms with Crippen LogP contribution in [0.25, 0.3) is 0 Å². The molecule has 8 nitrogen and oxygen atoms in total. The van der Waals surface area contributed by atoms with Crippen molar-refractivity contribution in [3.8, 4) is 0 Å². The van der Waals surface area contributed by atoms with Crippen molar-refractivity contribution in [3.05, 3.63) is 0 Å². The van der Waals surface area contributed by atoms with Crippen LogP contribution < -0.4 is 0 Å². The molecule has 0 aromatic heterocycles. The van der Waals surface area contributed by atoms with Gasteiger partial charge in [-0.25, -0.2) is 4.79 Å². The fourth-order valence-corrected chi connectivity index (χ4v) is 8.39. The molecule has 0 spiro atoms. The molecule has 0 aromatic carbocycles. The summed E-state index contributed by atoms with van der Waals surface area (Å²) in [6.07, 6.45) is 48.6. The summed E-state index contributed by atoms with van der Waals surface area (Å²) in [4.78, 5) is 37.2. The molecule has 0 aromatic rings. The summed E-state index contributed by atoms with van der Waals surface area (Å²) in [5.41, 5.74) is 0. The van der Waals surface area contributed by atoms with E-state index in [1.54, 1.807) is 0 Å². The number of likely N-dealkylation sites (N-methyl/N-ethyl adjacent to an activating group) is 1. The Kier molecular flexibility index (Phi) is 43.7. The number of nitrogens with zero attached hydrogens (tertiary/aromatic N) is 1. The standard InChI is InChI=1S/C53H103NO7/c1-6-8-10-12-14-16-18-20-22-24-25-26-28-29-31-33-35-37-39-41-43-51(55)60-48-49(47-59-46-45-50(53(57)58)54(3,4)5)61-52(56)44-42-40-38-36-34-32-30-27-23-21-19-17-15-13-11-9-7-2/h49-50H,6-48H2,1-5H3/p+1. The minimum absolute atomic E-state index is 0.0412. The average molecular weight is 867 g/mol. The molecule has 0 aliphatic heterocycles. The molecule has 2 atom stereocenters. The molecule has 0 saturated carbocycles. The first-order valence-corrected chi connectivity index (χ1v) is 26.6. The van der Waals surface area contributed by atoms with Crippen molar-refractivity contribution in [2.75, 3.05) is 41.0 Å². The summed E-state index contributed by atoms with van der Waals surface area (Å²) in [5.74, 6) is -1.44. The highest BCUT2D eigenvalue weighted by Gasteiger charge is 2.31. The van der Waals surface area contributed by atoms with Gasteiger partial charge in [0.2, 0.25) is 0 Å². The third-order valence-corrected chi connectivity index (χ3v) is 12.5. The summed E-state index contributed by atoms with van der Waals surface area (Å²) in [5, 5.41) is 9.65. The van der Waals surface area contributed by atoms with Crippen LogP contribution in [0.4, 0.5) is 0 Å². The van der Waals surface area contributed by atoms with Gasteiger partial charge in [0, 0.05) is 19.3 Å². The van der Waals surface area contributed by atoms with E-state index in [4.69, 9.17) is 14.2 Å². The van der Waals surface area contributed by atoms with Crippen LogP contribution in [-0.2, 0) is 28.6 Å². The van der Waals surface area contributed by atoms with Gasteiger partial charge in [0.1, 0.15) is 6.61 Å². The molecule has 0 bridgehead atoms. The predicted octanol–water partition coefficient (Wildman–Crippen LogP) is 15.3. The van der Waals surface area contributed by atoms with Gasteiger partial charge in [-0.1, -0.05) is 239 Å². The highest BCUT2D eigenvalue weighted by molar-refractivity contribution is 5.72. The molecule has 0 aliphatic rings. The van der Waals surface area contributed by atoms with Gasteiger partial charge in [-0.15, -0.1) is 0 Å². The third-order valence-electron chi connectivity index (χ3n) is 12.5. The van der Waals surface area contributed by atoms with Gasteiger partial charge in [-0.3, -0.25) is 9.59 Å². The van der Waals surface area contributed by atoms with Crippen molar-refractivity contribution in [2.24, 2.45) is 0 Å². The Morgan fingerprint density at radius 1 is 0.426 bits per heavy atom. The first-order chi connectivity index (χ1) is 29.6. The zero-order chi connectivity index (χ0) is 44.9. The van der Waals surface area contributed by atoms with Crippen molar-refractivity contribution in [2.45, 2.75) is 283 Å². The van der Waals surface area contributed by atoms with Gasteiger partial charge in [-0.05, 0) is 12.8 Å². The number of carbonyl (C=O) groups is 3. The van der Waals surface area contributed by atoms with E-state index in [1.807, 2.05) is 21.1 Å². The average Bonchev–Trinajstić information content (AvgIpc) is 3.22. The first kappa shape index (κ1) is 59.3. The van der Waals surface area contributed by atoms with Crippen LogP contribution in [0.1, 0.15) is 271 Å². The van der Waals surface area contributed by atoms with Gasteiger partial charge in [0.15, 0.2) is 12.1 Å². The minimum atomic E-state index is -0.868. The number of unbranched alkanes of at least 4 members (excludes halogenated alkanes) is 35. The van der Waals surface area contributed by atoms with Crippen LogP contribution in [0.2, 0.25) is 0 Å². The number of carbonyl (C=O) groups excluding carboxylic acids is 2. The molecule has 1 N–H and O–H groups in total. The summed E-state index contributed by atoms with van der Waals surface area (Å²) in [7, 11) is 5.55. The Morgan fingerprint density at radius 3 is 1.02 bits per heavy atom. The van der Waals surface area contributed by atoms with E-state index in [9.17, 15) is 19.5 Å². The number of aliphatic carboxylic acids is 1. The zero-order valence-electron chi connectivity index (χ0n) is 41.4. The van der Waals surface area contributed by atoms with Crippen molar-refractivity contribution in [3.63, 3.8) is 0 Å². The number of esters is 2. The Hall–Kier alpha value is -1.67. The van der Waals surface area contributed by atoms with Crippen LogP contribution in [0.15, 0.2) is 0 Å². The molecule has 61 heavy (non-hydrogen) atoms. The molecule has 0 saturated heterocycles. The Balaban J connectivity index is 4.16. The van der Waals surface area contributed by atoms with Crippen LogP contribution >= 0.6 is 0 Å². The van der Waals surface area contributed by atoms with E-state index < -0.39 is 18.1 Å². The lowest BCUT2D eigenvalue weighted by atomic mass is 10.0. The molecule has 8 heteroatoms. The molecular formula is C53H104NO7+. The van der Waals surface area contributed by atoms with E-state index in [0.717, 1.165) is 38.5 Å². The lowest BCUT2D eigenvalue weighted by Gasteiger charge is -2.31. The maximum Gasteiger partial charge on any atom is 0.362 e. The monoisotopic (exact) mass is 867 g/mol. The van der Waals surface area contributed by atoms with Gasteiger partial charge >= 0.3 is 17.9 Å². The second-order valence-corrected chi connectivity index (χ2v) is 19.5. The summed E-state index contributed by atoms with van der Waals surface area (Å²) >= 11 is 0. The molecule has 2 unspecified atom stereocenters. The van der Waals surface area contributed by atoms with E-state index in [1.165, 1.54) is 199 Å². The fourth-order valence-electron chi connectivity index (χ4n) is 8.39. The SMILES string of the molecule is CCCCCCCCCCCCCCCCCCCCCCC(=O)OCC(COCCC(C(=O)O)[N+](C)(C)C)OC(=O)CCCCCCCCCCCCCCCCCCC. The molecule has 0 rings (SSSR count). The Morgan fingerprint density at radius 2 is 0.721 bits per heavy atom. The number of carboxylic acid groups (broad SMARTS) is 1. The van der Waals surface area contributed by atoms with Crippen molar-refractivity contribution in [1.29, 1.82) is 0 Å². The maximum absolute atomic E-state index is 12.8. The lowest BCUT2D eigenvalue weighted by Crippen LogP contribution is -2.50. The fraction of sp³-hybridized carbons (Fsp3) is 0.943. The zero-order valence-corrected chi connectivity index (χ0v) is 41.4. The molecule has 0 radical (unpaired) electrons. The molecule has 0 amide bonds. The molecule has 0 heterocycles. The number of quaternary nitrogens is 1. The predicted molar refractivity (Wildman–Crippen MR) is 257 cm³/mol. The summed E-state index contributed by atoms with van der Waals surface area (Å²) in [6, 6.07) is -0.609. The largest absolute Gasteiger partial charge is 0.477 e. The maximum atomic E-state index is 12.8. The summed E-state index contributed by atoms with van der Waals surface area (Å²) < 4.78 is 17.4. The number of rotatable bonds is 49. The number of ether oxygens (including phenoxy) is 3. The van der Waals surface area contributed by atoms with Crippen molar-refractivity contribution >= 4 is 17.9 Å². The molecular weight excluding hydrogens is 763 g/mol. The summed E-state index contributed by atoms with van der Waals surface area (Å²) in [6.45, 7) is 4.80. The molecule has 0 aliphatic carbocycles. The van der Waals surface area contributed by atoms with Gasteiger partial charge < -0.3 is 23.8 Å². The Bertz CT molecular complexity index is 967. The van der Waals surface area contributed by atoms with E-state index >= 15 is 0 Å². The number of hydrogen-bond donors (Lipinski definition) is 1. The van der Waals surface area contributed by atoms with Crippen molar-refractivity contribution in [1.82, 2.24) is 0 Å². The number of carboxylic acids is 1.